The van der Waals surface area contributed by atoms with Crippen molar-refractivity contribution in [1.29, 1.82) is 0 Å². The highest BCUT2D eigenvalue weighted by molar-refractivity contribution is 6.38. The van der Waals surface area contributed by atoms with E-state index in [9.17, 15) is 0 Å². The molecule has 0 unspecified atom stereocenters. The van der Waals surface area contributed by atoms with Gasteiger partial charge in [0.2, 0.25) is 0 Å². The van der Waals surface area contributed by atoms with Gasteiger partial charge in [-0.05, 0) is 80.8 Å². The van der Waals surface area contributed by atoms with E-state index in [2.05, 4.69) is 152 Å². The van der Waals surface area contributed by atoms with Crippen LogP contribution in [-0.2, 0) is 0 Å². The van der Waals surface area contributed by atoms with E-state index in [4.69, 9.17) is 9.98 Å². The third-order valence-corrected chi connectivity index (χ3v) is 8.53. The van der Waals surface area contributed by atoms with E-state index in [1.165, 1.54) is 11.4 Å². The summed E-state index contributed by atoms with van der Waals surface area (Å²) < 4.78 is 0. The number of nitrogens with one attached hydrogen (secondary N) is 1. The number of aromatic nitrogens is 1. The van der Waals surface area contributed by atoms with E-state index in [0.29, 0.717) is 5.84 Å². The Hall–Kier alpha value is -5.16. The maximum absolute atomic E-state index is 5.25. The molecule has 5 heteroatoms. The molecular formula is C40H41N5. The first-order chi connectivity index (χ1) is 22.1. The van der Waals surface area contributed by atoms with Crippen LogP contribution in [0.15, 0.2) is 131 Å². The fourth-order valence-electron chi connectivity index (χ4n) is 5.97. The summed E-state index contributed by atoms with van der Waals surface area (Å²) in [6, 6.07) is 40.6. The highest BCUT2D eigenvalue weighted by Crippen LogP contribution is 2.37. The van der Waals surface area contributed by atoms with Crippen molar-refractivity contribution in [2.75, 3.05) is 36.0 Å². The fraction of sp³-hybridized carbons (Fsp3) is 0.200. The number of allylic oxidation sites excluding steroid dienone is 1. The molecule has 1 N–H and O–H groups in total. The first-order valence-electron chi connectivity index (χ1n) is 16.1. The molecule has 1 aliphatic rings. The number of rotatable bonds is 11. The van der Waals surface area contributed by atoms with Gasteiger partial charge >= 0.3 is 0 Å². The van der Waals surface area contributed by atoms with Crippen molar-refractivity contribution in [3.05, 3.63) is 132 Å². The van der Waals surface area contributed by atoms with Gasteiger partial charge in [-0.3, -0.25) is 0 Å². The molecule has 5 nitrogen and oxygen atoms in total. The lowest BCUT2D eigenvalue weighted by atomic mass is 10.0. The van der Waals surface area contributed by atoms with E-state index in [1.54, 1.807) is 0 Å². The van der Waals surface area contributed by atoms with Crippen LogP contribution < -0.4 is 9.80 Å². The summed E-state index contributed by atoms with van der Waals surface area (Å²) in [6.45, 7) is 12.7. The standard InChI is InChI=1S/C40H41N5/c1-5-44(6-2)33-23-19-31(20-24-33)37-27-35(29-15-11-9-12-16-29)39(41-37)43-40-36(30-17-13-10-14-18-30)28-38(42-40)32-21-25-34(26-22-32)45(7-3)8-4/h9-28,41H,5-8H2,1-4H3. The van der Waals surface area contributed by atoms with E-state index < -0.39 is 0 Å². The molecule has 1 aliphatic heterocycles. The molecular weight excluding hydrogens is 550 g/mol. The lowest BCUT2D eigenvalue weighted by Crippen LogP contribution is -2.21. The molecule has 4 aromatic carbocycles. The second-order valence-electron chi connectivity index (χ2n) is 11.1. The number of nitrogens with zero attached hydrogens (tertiary/aromatic N) is 4. The van der Waals surface area contributed by atoms with Gasteiger partial charge < -0.3 is 14.8 Å². The van der Waals surface area contributed by atoms with Crippen LogP contribution in [0.25, 0.3) is 28.0 Å². The Morgan fingerprint density at radius 1 is 0.578 bits per heavy atom. The zero-order chi connectivity index (χ0) is 31.2. The normalized spacial score (nSPS) is 13.6. The van der Waals surface area contributed by atoms with Crippen LogP contribution >= 0.6 is 0 Å². The van der Waals surface area contributed by atoms with Gasteiger partial charge in [0.1, 0.15) is 5.82 Å². The highest BCUT2D eigenvalue weighted by Gasteiger charge is 2.21. The Balaban J connectivity index is 1.43. The number of hydrogen-bond acceptors (Lipinski definition) is 3. The molecule has 0 saturated heterocycles. The molecule has 2 heterocycles. The minimum Gasteiger partial charge on any atom is -0.372 e. The molecule has 0 aliphatic carbocycles. The summed E-state index contributed by atoms with van der Waals surface area (Å²) in [4.78, 5) is 18.7. The van der Waals surface area contributed by atoms with Gasteiger partial charge in [-0.2, -0.15) is 0 Å². The smallest absolute Gasteiger partial charge is 0.162 e. The maximum atomic E-state index is 5.25. The molecule has 1 aromatic heterocycles. The van der Waals surface area contributed by atoms with Gasteiger partial charge in [0.15, 0.2) is 5.84 Å². The topological polar surface area (TPSA) is 47.0 Å². The van der Waals surface area contributed by atoms with Crippen LogP contribution in [0.1, 0.15) is 38.8 Å². The molecule has 0 saturated carbocycles. The Morgan fingerprint density at radius 2 is 1.09 bits per heavy atom. The monoisotopic (exact) mass is 591 g/mol. The van der Waals surface area contributed by atoms with Crippen LogP contribution in [0.4, 0.5) is 17.2 Å². The zero-order valence-corrected chi connectivity index (χ0v) is 26.7. The molecule has 5 aromatic rings. The van der Waals surface area contributed by atoms with E-state index in [-0.39, 0.29) is 0 Å². The summed E-state index contributed by atoms with van der Waals surface area (Å²) in [7, 11) is 0. The number of aliphatic imine (C=N–C) groups is 2. The van der Waals surface area contributed by atoms with Gasteiger partial charge in [0, 0.05) is 59.9 Å². The van der Waals surface area contributed by atoms with E-state index >= 15 is 0 Å². The zero-order valence-electron chi connectivity index (χ0n) is 26.7. The SMILES string of the molecule is CCN(CC)c1ccc(C2=NC(=Nc3[nH]c(-c4ccc(N(CC)CC)cc4)cc3-c3ccccc3)C(c3ccccc3)=C2)cc1. The first kappa shape index (κ1) is 29.9. The number of H-pyrrole nitrogens is 1. The summed E-state index contributed by atoms with van der Waals surface area (Å²) in [5, 5.41) is 0. The number of aromatic amines is 1. The fourth-order valence-corrected chi connectivity index (χ4v) is 5.97. The van der Waals surface area contributed by atoms with Crippen LogP contribution in [0.3, 0.4) is 0 Å². The van der Waals surface area contributed by atoms with Crippen molar-refractivity contribution in [3.8, 4) is 22.4 Å². The molecule has 0 fully saturated rings. The minimum absolute atomic E-state index is 0.700. The quantitative estimate of drug-likeness (QED) is 0.166. The average molecular weight is 592 g/mol. The van der Waals surface area contributed by atoms with Crippen molar-refractivity contribution < 1.29 is 0 Å². The van der Waals surface area contributed by atoms with Crippen molar-refractivity contribution in [1.82, 2.24) is 4.98 Å². The molecule has 226 valence electrons. The van der Waals surface area contributed by atoms with E-state index in [0.717, 1.165) is 76.8 Å². The Kier molecular flexibility index (Phi) is 9.06. The van der Waals surface area contributed by atoms with Crippen LogP contribution in [0.2, 0.25) is 0 Å². The highest BCUT2D eigenvalue weighted by atomic mass is 15.1. The number of benzene rings is 4. The summed E-state index contributed by atoms with van der Waals surface area (Å²) >= 11 is 0. The molecule has 6 rings (SSSR count). The van der Waals surface area contributed by atoms with Crippen molar-refractivity contribution in [2.24, 2.45) is 9.98 Å². The molecule has 0 bridgehead atoms. The minimum atomic E-state index is 0.700. The molecule has 45 heavy (non-hydrogen) atoms. The first-order valence-corrected chi connectivity index (χ1v) is 16.1. The second kappa shape index (κ2) is 13.6. The van der Waals surface area contributed by atoms with Crippen LogP contribution in [0, 0.1) is 0 Å². The van der Waals surface area contributed by atoms with Crippen LogP contribution in [-0.4, -0.2) is 42.7 Å². The summed E-state index contributed by atoms with van der Waals surface area (Å²) in [6.07, 6.45) is 2.17. The lowest BCUT2D eigenvalue weighted by molar-refractivity contribution is 0.866. The van der Waals surface area contributed by atoms with E-state index in [1.807, 2.05) is 12.1 Å². The molecule has 0 spiro atoms. The van der Waals surface area contributed by atoms with Crippen molar-refractivity contribution >= 4 is 34.3 Å². The number of hydrogen-bond donors (Lipinski definition) is 1. The summed E-state index contributed by atoms with van der Waals surface area (Å²) in [5.41, 5.74) is 10.9. The van der Waals surface area contributed by atoms with Gasteiger partial charge in [-0.15, -0.1) is 0 Å². The third kappa shape index (κ3) is 6.39. The van der Waals surface area contributed by atoms with Crippen molar-refractivity contribution in [3.63, 3.8) is 0 Å². The number of anilines is 2. The van der Waals surface area contributed by atoms with Gasteiger partial charge in [0.25, 0.3) is 0 Å². The van der Waals surface area contributed by atoms with Crippen LogP contribution in [0.5, 0.6) is 0 Å². The number of amidine groups is 1. The predicted molar refractivity (Wildman–Crippen MR) is 193 cm³/mol. The van der Waals surface area contributed by atoms with Gasteiger partial charge in [0.05, 0.1) is 5.71 Å². The van der Waals surface area contributed by atoms with Crippen molar-refractivity contribution in [2.45, 2.75) is 27.7 Å². The Bertz CT molecular complexity index is 1800. The Labute approximate surface area is 267 Å². The second-order valence-corrected chi connectivity index (χ2v) is 11.1. The summed E-state index contributed by atoms with van der Waals surface area (Å²) in [5.74, 6) is 1.49. The van der Waals surface area contributed by atoms with Gasteiger partial charge in [-0.25, -0.2) is 9.98 Å². The largest absolute Gasteiger partial charge is 0.372 e. The third-order valence-electron chi connectivity index (χ3n) is 8.53. The van der Waals surface area contributed by atoms with Gasteiger partial charge in [-0.1, -0.05) is 84.9 Å². The average Bonchev–Trinajstić information content (AvgIpc) is 3.72. The molecule has 0 amide bonds. The molecule has 0 atom stereocenters. The lowest BCUT2D eigenvalue weighted by Gasteiger charge is -2.21. The maximum Gasteiger partial charge on any atom is 0.162 e. The molecule has 0 radical (unpaired) electrons. The predicted octanol–water partition coefficient (Wildman–Crippen LogP) is 9.66. The Morgan fingerprint density at radius 3 is 1.62 bits per heavy atom.